The summed E-state index contributed by atoms with van der Waals surface area (Å²) in [5.41, 5.74) is -0.137. The van der Waals surface area contributed by atoms with E-state index >= 15 is 0 Å². The lowest BCUT2D eigenvalue weighted by Crippen LogP contribution is -2.47. The van der Waals surface area contributed by atoms with Crippen molar-refractivity contribution in [2.75, 3.05) is 20.1 Å². The zero-order chi connectivity index (χ0) is 31.7. The van der Waals surface area contributed by atoms with Gasteiger partial charge in [-0.2, -0.15) is 17.5 Å². The molecule has 0 heterocycles. The van der Waals surface area contributed by atoms with Crippen molar-refractivity contribution in [3.8, 4) is 11.1 Å². The first-order chi connectivity index (χ1) is 20.0. The summed E-state index contributed by atoms with van der Waals surface area (Å²) in [6.07, 6.45) is -3.36. The van der Waals surface area contributed by atoms with Crippen molar-refractivity contribution in [3.05, 3.63) is 88.7 Å². The number of carbonyl (C=O) groups is 1. The number of aliphatic hydroxyl groups is 1. The van der Waals surface area contributed by atoms with Gasteiger partial charge >= 0.3 is 12.1 Å². The van der Waals surface area contributed by atoms with Gasteiger partial charge < -0.3 is 15.5 Å². The fraction of sp³-hybridized carbons (Fsp3) is 0.387. The number of aromatic carboxylic acids is 1. The van der Waals surface area contributed by atoms with Crippen LogP contribution < -0.4 is 5.32 Å². The number of sulfonamides is 1. The number of alkyl halides is 3. The molecule has 1 atom stereocenters. The van der Waals surface area contributed by atoms with Crippen molar-refractivity contribution in [1.29, 1.82) is 0 Å². The lowest BCUT2D eigenvalue weighted by molar-refractivity contribution is -0.137. The first-order valence-electron chi connectivity index (χ1n) is 13.7. The Bertz CT molecular complexity index is 1580. The van der Waals surface area contributed by atoms with Crippen molar-refractivity contribution >= 4 is 16.0 Å². The van der Waals surface area contributed by atoms with Gasteiger partial charge in [-0.05, 0) is 91.6 Å². The Morgan fingerprint density at radius 2 is 1.65 bits per heavy atom. The van der Waals surface area contributed by atoms with E-state index in [4.69, 9.17) is 0 Å². The van der Waals surface area contributed by atoms with Crippen LogP contribution in [0.4, 0.5) is 17.6 Å². The van der Waals surface area contributed by atoms with Gasteiger partial charge in [-0.3, -0.25) is 0 Å². The fourth-order valence-electron chi connectivity index (χ4n) is 5.57. The van der Waals surface area contributed by atoms with Gasteiger partial charge in [0.15, 0.2) is 0 Å². The average Bonchev–Trinajstić information content (AvgIpc) is 3.33. The first kappa shape index (κ1) is 32.6. The van der Waals surface area contributed by atoms with Crippen LogP contribution in [0.3, 0.4) is 0 Å². The number of carboxylic acid groups (broad SMARTS) is 1. The van der Waals surface area contributed by atoms with Gasteiger partial charge in [0.05, 0.1) is 22.1 Å². The maximum absolute atomic E-state index is 13.9. The lowest BCUT2D eigenvalue weighted by Gasteiger charge is -2.31. The highest BCUT2D eigenvalue weighted by molar-refractivity contribution is 7.89. The van der Waals surface area contributed by atoms with Gasteiger partial charge in [0.1, 0.15) is 5.82 Å². The molecule has 3 aromatic carbocycles. The van der Waals surface area contributed by atoms with E-state index in [1.165, 1.54) is 11.1 Å². The monoisotopic (exact) mass is 622 g/mol. The SMILES string of the molecule is CN(CC(O)CNC(C)(C)CC1Cc2ccccc2C1)S(=O)(=O)c1cc(-c2ccc(F)c(C(=O)O)c2)cc(C(F)(F)F)c1. The molecule has 0 saturated carbocycles. The minimum atomic E-state index is -4.93. The van der Waals surface area contributed by atoms with Crippen molar-refractivity contribution in [2.24, 2.45) is 5.92 Å². The Morgan fingerprint density at radius 3 is 2.23 bits per heavy atom. The number of benzene rings is 3. The Hall–Kier alpha value is -3.32. The summed E-state index contributed by atoms with van der Waals surface area (Å²) in [6.45, 7) is 3.65. The number of carboxylic acids is 1. The molecule has 3 N–H and O–H groups in total. The van der Waals surface area contributed by atoms with Crippen LogP contribution in [-0.4, -0.2) is 60.7 Å². The molecule has 0 radical (unpaired) electrons. The summed E-state index contributed by atoms with van der Waals surface area (Å²) >= 11 is 0. The molecule has 3 aromatic rings. The molecule has 0 saturated heterocycles. The molecule has 1 aliphatic rings. The van der Waals surface area contributed by atoms with E-state index in [1.54, 1.807) is 0 Å². The van der Waals surface area contributed by atoms with Crippen molar-refractivity contribution in [3.63, 3.8) is 0 Å². The van der Waals surface area contributed by atoms with Crippen LogP contribution in [-0.2, 0) is 29.0 Å². The number of halogens is 4. The van der Waals surface area contributed by atoms with Crippen LogP contribution in [0.1, 0.15) is 47.3 Å². The number of rotatable bonds is 11. The second kappa shape index (κ2) is 12.4. The number of hydrogen-bond donors (Lipinski definition) is 3. The third-order valence-corrected chi connectivity index (χ3v) is 9.49. The topological polar surface area (TPSA) is 107 Å². The molecule has 12 heteroatoms. The number of β-amino-alcohol motifs (C(OH)–C–C–N with tert-alkyl or cyclic N) is 1. The summed E-state index contributed by atoms with van der Waals surface area (Å²) in [4.78, 5) is 10.6. The summed E-state index contributed by atoms with van der Waals surface area (Å²) in [5.74, 6) is -2.30. The predicted molar refractivity (Wildman–Crippen MR) is 154 cm³/mol. The second-order valence-electron chi connectivity index (χ2n) is 11.7. The second-order valence-corrected chi connectivity index (χ2v) is 13.7. The van der Waals surface area contributed by atoms with E-state index < -0.39 is 56.7 Å². The summed E-state index contributed by atoms with van der Waals surface area (Å²) in [6, 6.07) is 13.1. The van der Waals surface area contributed by atoms with E-state index in [9.17, 15) is 41.0 Å². The quantitative estimate of drug-likeness (QED) is 0.249. The average molecular weight is 623 g/mol. The molecule has 0 fully saturated rings. The molecule has 1 unspecified atom stereocenters. The standard InChI is InChI=1S/C31H34F4N2O5S/c1-30(2,16-19-10-20-6-4-5-7-21(20)11-19)36-17-25(38)18-37(3)43(41,42)26-13-23(12-24(15-26)31(33,34)35)22-8-9-28(32)27(14-22)29(39)40/h4-9,12-15,19,25,36,38H,10-11,16-18H2,1-3H3,(H,39,40). The third-order valence-electron chi connectivity index (χ3n) is 7.69. The van der Waals surface area contributed by atoms with Crippen LogP contribution in [0.25, 0.3) is 11.1 Å². The minimum Gasteiger partial charge on any atom is -0.478 e. The largest absolute Gasteiger partial charge is 0.478 e. The van der Waals surface area contributed by atoms with Crippen LogP contribution in [0.15, 0.2) is 65.6 Å². The first-order valence-corrected chi connectivity index (χ1v) is 15.1. The van der Waals surface area contributed by atoms with Crippen molar-refractivity contribution in [1.82, 2.24) is 9.62 Å². The van der Waals surface area contributed by atoms with Gasteiger partial charge in [-0.25, -0.2) is 17.6 Å². The van der Waals surface area contributed by atoms with E-state index in [-0.39, 0.29) is 23.2 Å². The normalized spacial score (nSPS) is 15.1. The molecule has 0 aliphatic heterocycles. The Balaban J connectivity index is 1.47. The van der Waals surface area contributed by atoms with Crippen LogP contribution >= 0.6 is 0 Å². The van der Waals surface area contributed by atoms with Gasteiger partial charge in [0, 0.05) is 25.7 Å². The smallest absolute Gasteiger partial charge is 0.416 e. The van der Waals surface area contributed by atoms with E-state index in [1.807, 2.05) is 26.0 Å². The van der Waals surface area contributed by atoms with Crippen molar-refractivity contribution in [2.45, 2.75) is 55.8 Å². The number of nitrogens with zero attached hydrogens (tertiary/aromatic N) is 1. The highest BCUT2D eigenvalue weighted by Crippen LogP contribution is 2.36. The van der Waals surface area contributed by atoms with E-state index in [0.29, 0.717) is 18.1 Å². The highest BCUT2D eigenvalue weighted by atomic mass is 32.2. The maximum atomic E-state index is 13.9. The molecule has 0 amide bonds. The zero-order valence-corrected chi connectivity index (χ0v) is 24.8. The Morgan fingerprint density at radius 1 is 1.02 bits per heavy atom. The van der Waals surface area contributed by atoms with Gasteiger partial charge in [-0.1, -0.05) is 30.3 Å². The van der Waals surface area contributed by atoms with Crippen molar-refractivity contribution < 1.29 is 41.0 Å². The number of aliphatic hydroxyl groups excluding tert-OH is 1. The molecule has 43 heavy (non-hydrogen) atoms. The summed E-state index contributed by atoms with van der Waals surface area (Å²) in [5, 5.41) is 23.2. The number of likely N-dealkylation sites (N-methyl/N-ethyl adjacent to an activating group) is 1. The Kier molecular flexibility index (Phi) is 9.36. The molecule has 1 aliphatic carbocycles. The van der Waals surface area contributed by atoms with E-state index in [2.05, 4.69) is 17.4 Å². The van der Waals surface area contributed by atoms with Gasteiger partial charge in [0.25, 0.3) is 0 Å². The minimum absolute atomic E-state index is 0.0495. The van der Waals surface area contributed by atoms with Crippen LogP contribution in [0.2, 0.25) is 0 Å². The molecule has 4 rings (SSSR count). The van der Waals surface area contributed by atoms with Gasteiger partial charge in [0.2, 0.25) is 10.0 Å². The Labute approximate surface area is 248 Å². The molecular formula is C31H34F4N2O5S. The predicted octanol–water partition coefficient (Wildman–Crippen LogP) is 5.36. The third kappa shape index (κ3) is 7.80. The molecular weight excluding hydrogens is 588 g/mol. The molecule has 0 aromatic heterocycles. The molecule has 0 bridgehead atoms. The van der Waals surface area contributed by atoms with Crippen LogP contribution in [0, 0.1) is 11.7 Å². The zero-order valence-electron chi connectivity index (χ0n) is 24.0. The maximum Gasteiger partial charge on any atom is 0.416 e. The fourth-order valence-corrected chi connectivity index (χ4v) is 6.85. The summed E-state index contributed by atoms with van der Waals surface area (Å²) in [7, 11) is -3.38. The van der Waals surface area contributed by atoms with Crippen LogP contribution in [0.5, 0.6) is 0 Å². The number of hydrogen-bond acceptors (Lipinski definition) is 5. The molecule has 0 spiro atoms. The number of fused-ring (bicyclic) bond motifs is 1. The highest BCUT2D eigenvalue weighted by Gasteiger charge is 2.34. The van der Waals surface area contributed by atoms with Gasteiger partial charge in [-0.15, -0.1) is 0 Å². The van der Waals surface area contributed by atoms with E-state index in [0.717, 1.165) is 54.9 Å². The summed E-state index contributed by atoms with van der Waals surface area (Å²) < 4.78 is 82.7. The number of nitrogens with one attached hydrogen (secondary N) is 1. The molecule has 7 nitrogen and oxygen atoms in total. The lowest BCUT2D eigenvalue weighted by atomic mass is 9.88. The molecule has 232 valence electrons.